The first-order valence-corrected chi connectivity index (χ1v) is 13.6. The Balaban J connectivity index is 1.52. The summed E-state index contributed by atoms with van der Waals surface area (Å²) in [5.74, 6) is -0.393. The Morgan fingerprint density at radius 3 is 2.57 bits per heavy atom. The van der Waals surface area contributed by atoms with Gasteiger partial charge in [0.2, 0.25) is 5.91 Å². The zero-order valence-electron chi connectivity index (χ0n) is 18.0. The minimum absolute atomic E-state index is 0.230. The summed E-state index contributed by atoms with van der Waals surface area (Å²) in [5.41, 5.74) is 2.18. The van der Waals surface area contributed by atoms with Crippen LogP contribution in [-0.2, 0) is 16.2 Å². The van der Waals surface area contributed by atoms with Crippen molar-refractivity contribution < 1.29 is 19.1 Å². The molecule has 0 bridgehead atoms. The number of benzene rings is 3. The quantitative estimate of drug-likeness (QED) is 0.214. The van der Waals surface area contributed by atoms with Gasteiger partial charge in [-0.1, -0.05) is 48.0 Å². The summed E-state index contributed by atoms with van der Waals surface area (Å²) in [5, 5.41) is 2.61. The van der Waals surface area contributed by atoms with E-state index in [1.54, 1.807) is 30.3 Å². The summed E-state index contributed by atoms with van der Waals surface area (Å²) in [4.78, 5) is 39.1. The Morgan fingerprint density at radius 1 is 1.06 bits per heavy atom. The fourth-order valence-corrected chi connectivity index (χ4v) is 6.32. The number of anilines is 1. The Bertz CT molecular complexity index is 1330. The second-order valence-electron chi connectivity index (χ2n) is 7.41. The van der Waals surface area contributed by atoms with Crippen molar-refractivity contribution in [2.24, 2.45) is 0 Å². The van der Waals surface area contributed by atoms with Gasteiger partial charge in [0, 0.05) is 19.8 Å². The number of hydrogen-bond donors (Lipinski definition) is 1. The molecule has 3 aromatic rings. The summed E-state index contributed by atoms with van der Waals surface area (Å²) < 4.78 is 7.95. The number of hydrogen-bond acceptors (Lipinski definition) is 5. The third-order valence-electron chi connectivity index (χ3n) is 4.83. The predicted molar refractivity (Wildman–Crippen MR) is 155 cm³/mol. The van der Waals surface area contributed by atoms with E-state index in [2.05, 4.69) is 50.5 Å². The molecule has 1 aliphatic heterocycles. The first-order chi connectivity index (χ1) is 16.8. The number of carbonyl (C=O) groups excluding carboxylic acids is 3. The van der Waals surface area contributed by atoms with Gasteiger partial charge < -0.3 is 10.1 Å². The van der Waals surface area contributed by atoms with E-state index in [9.17, 15) is 14.4 Å². The minimum Gasteiger partial charge on any atom is -0.487 e. The van der Waals surface area contributed by atoms with Crippen molar-refractivity contribution in [3.05, 3.63) is 94.9 Å². The molecule has 0 aliphatic carbocycles. The summed E-state index contributed by atoms with van der Waals surface area (Å²) in [6.45, 7) is -0.0286. The van der Waals surface area contributed by atoms with Crippen molar-refractivity contribution in [2.75, 3.05) is 11.9 Å². The maximum Gasteiger partial charge on any atom is 0.294 e. The molecule has 10 heteroatoms. The number of nitrogens with one attached hydrogen (secondary N) is 1. The van der Waals surface area contributed by atoms with Crippen molar-refractivity contribution in [3.8, 4) is 5.75 Å². The van der Waals surface area contributed by atoms with Crippen LogP contribution in [0.25, 0.3) is 6.08 Å². The van der Waals surface area contributed by atoms with Crippen LogP contribution in [0.5, 0.6) is 5.75 Å². The van der Waals surface area contributed by atoms with Crippen molar-refractivity contribution in [3.63, 3.8) is 0 Å². The second kappa shape index (κ2) is 11.8. The molecule has 0 saturated carbocycles. The average Bonchev–Trinajstić information content (AvgIpc) is 3.06. The van der Waals surface area contributed by atoms with E-state index >= 15 is 0 Å². The lowest BCUT2D eigenvalue weighted by Gasteiger charge is -2.13. The summed E-state index contributed by atoms with van der Waals surface area (Å²) >= 11 is 11.1. The second-order valence-corrected chi connectivity index (χ2v) is 11.2. The van der Waals surface area contributed by atoms with Gasteiger partial charge >= 0.3 is 0 Å². The normalized spacial score (nSPS) is 14.5. The van der Waals surface area contributed by atoms with Crippen molar-refractivity contribution >= 4 is 97.4 Å². The van der Waals surface area contributed by atoms with Gasteiger partial charge in [0.05, 0.1) is 8.48 Å². The predicted octanol–water partition coefficient (Wildman–Crippen LogP) is 6.80. The Kier molecular flexibility index (Phi) is 8.73. The van der Waals surface area contributed by atoms with Crippen molar-refractivity contribution in [1.82, 2.24) is 4.90 Å². The lowest BCUT2D eigenvalue weighted by atomic mass is 10.1. The largest absolute Gasteiger partial charge is 0.487 e. The highest BCUT2D eigenvalue weighted by atomic mass is 127. The van der Waals surface area contributed by atoms with Crippen molar-refractivity contribution in [2.45, 2.75) is 6.61 Å². The lowest BCUT2D eigenvalue weighted by molar-refractivity contribution is -0.127. The van der Waals surface area contributed by atoms with Crippen LogP contribution in [0.2, 0.25) is 5.02 Å². The number of halogens is 3. The smallest absolute Gasteiger partial charge is 0.294 e. The van der Waals surface area contributed by atoms with E-state index in [0.717, 1.165) is 29.4 Å². The minimum atomic E-state index is -0.524. The van der Waals surface area contributed by atoms with Gasteiger partial charge in [-0.3, -0.25) is 19.3 Å². The van der Waals surface area contributed by atoms with Gasteiger partial charge in [0.25, 0.3) is 11.1 Å². The zero-order valence-corrected chi connectivity index (χ0v) is 23.9. The number of imide groups is 1. The van der Waals surface area contributed by atoms with Gasteiger partial charge in [-0.15, -0.1) is 0 Å². The number of nitrogens with zero attached hydrogens (tertiary/aromatic N) is 1. The van der Waals surface area contributed by atoms with E-state index in [1.165, 1.54) is 0 Å². The van der Waals surface area contributed by atoms with Crippen LogP contribution in [0.4, 0.5) is 10.5 Å². The van der Waals surface area contributed by atoms with E-state index in [1.807, 2.05) is 42.5 Å². The molecule has 1 fully saturated rings. The fraction of sp³-hybridized carbons (Fsp3) is 0.0800. The number of amides is 3. The Labute approximate surface area is 238 Å². The van der Waals surface area contributed by atoms with Gasteiger partial charge in [-0.25, -0.2) is 0 Å². The standard InChI is InChI=1S/C25H17ClI2N2O4S/c26-17-7-4-8-19(11-17)29-22(31)13-30-24(32)21(35-25(30)33)10-16-9-18(27)12-20(28)23(16)34-14-15-5-2-1-3-6-15/h1-12H,13-14H2,(H,29,31)/b21-10+. The summed E-state index contributed by atoms with van der Waals surface area (Å²) in [6.07, 6.45) is 1.64. The fourth-order valence-electron chi connectivity index (χ4n) is 3.26. The average molecular weight is 731 g/mol. The van der Waals surface area contributed by atoms with Crippen molar-refractivity contribution in [1.29, 1.82) is 0 Å². The molecule has 3 amide bonds. The number of ether oxygens (including phenoxy) is 1. The maximum atomic E-state index is 13.0. The molecular weight excluding hydrogens is 714 g/mol. The molecule has 1 N–H and O–H groups in total. The summed E-state index contributed by atoms with van der Waals surface area (Å²) in [7, 11) is 0. The molecule has 0 spiro atoms. The zero-order chi connectivity index (χ0) is 24.9. The molecule has 0 atom stereocenters. The number of carbonyl (C=O) groups is 3. The molecule has 0 aromatic heterocycles. The molecular formula is C25H17ClI2N2O4S. The van der Waals surface area contributed by atoms with Crippen LogP contribution in [0.3, 0.4) is 0 Å². The van der Waals surface area contributed by atoms with E-state index in [-0.39, 0.29) is 4.91 Å². The molecule has 1 saturated heterocycles. The molecule has 1 heterocycles. The van der Waals surface area contributed by atoms with Crippen LogP contribution in [0.1, 0.15) is 11.1 Å². The number of rotatable bonds is 7. The molecule has 0 radical (unpaired) electrons. The van der Waals surface area contributed by atoms with Crippen LogP contribution in [-0.4, -0.2) is 28.5 Å². The SMILES string of the molecule is O=C(CN1C(=O)S/C(=C/c2cc(I)cc(I)c2OCc2ccccc2)C1=O)Nc1cccc(Cl)c1. The van der Waals surface area contributed by atoms with Crippen LogP contribution in [0.15, 0.2) is 71.6 Å². The lowest BCUT2D eigenvalue weighted by Crippen LogP contribution is -2.36. The molecule has 1 aliphatic rings. The molecule has 35 heavy (non-hydrogen) atoms. The van der Waals surface area contributed by atoms with Gasteiger partial charge in [0.1, 0.15) is 18.9 Å². The van der Waals surface area contributed by atoms with E-state index in [4.69, 9.17) is 16.3 Å². The molecule has 4 rings (SSSR count). The molecule has 3 aromatic carbocycles. The van der Waals surface area contributed by atoms with E-state index < -0.39 is 23.6 Å². The van der Waals surface area contributed by atoms with Crippen LogP contribution < -0.4 is 10.1 Å². The highest BCUT2D eigenvalue weighted by Crippen LogP contribution is 2.36. The van der Waals surface area contributed by atoms with Crippen LogP contribution >= 0.6 is 68.5 Å². The monoisotopic (exact) mass is 730 g/mol. The number of thioether (sulfide) groups is 1. The van der Waals surface area contributed by atoms with Gasteiger partial charge in [0.15, 0.2) is 0 Å². The third kappa shape index (κ3) is 6.78. The van der Waals surface area contributed by atoms with Gasteiger partial charge in [-0.05, 0) is 98.9 Å². The first-order valence-electron chi connectivity index (χ1n) is 10.3. The highest BCUT2D eigenvalue weighted by molar-refractivity contribution is 14.1. The summed E-state index contributed by atoms with van der Waals surface area (Å²) in [6, 6.07) is 20.3. The van der Waals surface area contributed by atoms with Gasteiger partial charge in [-0.2, -0.15) is 0 Å². The molecule has 6 nitrogen and oxygen atoms in total. The molecule has 178 valence electrons. The first kappa shape index (κ1) is 26.0. The third-order valence-corrected chi connectivity index (χ3v) is 7.40. The van der Waals surface area contributed by atoms with Crippen LogP contribution in [0, 0.1) is 7.14 Å². The Hall–Kier alpha value is -2.09. The molecule has 0 unspecified atom stereocenters. The topological polar surface area (TPSA) is 75.7 Å². The van der Waals surface area contributed by atoms with E-state index in [0.29, 0.717) is 28.6 Å². The Morgan fingerprint density at radius 2 is 1.83 bits per heavy atom. The highest BCUT2D eigenvalue weighted by Gasteiger charge is 2.36. The maximum absolute atomic E-state index is 13.0.